The number of carbonyl (C=O) groups excluding carboxylic acids is 1. The number of hydrogen-bond donors (Lipinski definition) is 0. The van der Waals surface area contributed by atoms with Crippen molar-refractivity contribution in [2.75, 3.05) is 6.61 Å². The largest absolute Gasteiger partial charge is 0.464 e. The normalized spacial score (nSPS) is 12.4. The lowest BCUT2D eigenvalue weighted by molar-refractivity contribution is -0.147. The standard InChI is InChI=1S/C22H18ClF3N2O3/c1-2-31-21(30)19(10-14-4-3-8-27-13-14)28-9-7-15(11-20(28)29)17-12-16(23)5-6-18(17)22(24,25)26/h3-9,11-13,19H,2,10H2,1H3. The summed E-state index contributed by atoms with van der Waals surface area (Å²) in [4.78, 5) is 29.3. The van der Waals surface area contributed by atoms with E-state index in [2.05, 4.69) is 4.98 Å². The van der Waals surface area contributed by atoms with Crippen molar-refractivity contribution in [3.8, 4) is 11.1 Å². The Labute approximate surface area is 181 Å². The molecular weight excluding hydrogens is 433 g/mol. The van der Waals surface area contributed by atoms with Crippen molar-refractivity contribution in [3.63, 3.8) is 0 Å². The molecule has 0 radical (unpaired) electrons. The summed E-state index contributed by atoms with van der Waals surface area (Å²) in [6, 6.07) is 8.01. The second-order valence-corrected chi connectivity index (χ2v) is 7.12. The van der Waals surface area contributed by atoms with Gasteiger partial charge in [-0.2, -0.15) is 13.2 Å². The van der Waals surface area contributed by atoms with Crippen molar-refractivity contribution < 1.29 is 22.7 Å². The van der Waals surface area contributed by atoms with E-state index in [4.69, 9.17) is 16.3 Å². The highest BCUT2D eigenvalue weighted by atomic mass is 35.5. The Morgan fingerprint density at radius 3 is 2.61 bits per heavy atom. The Hall–Kier alpha value is -3.13. The van der Waals surface area contributed by atoms with Gasteiger partial charge in [-0.15, -0.1) is 0 Å². The molecule has 3 aromatic rings. The molecule has 0 aliphatic rings. The van der Waals surface area contributed by atoms with Crippen LogP contribution >= 0.6 is 11.6 Å². The maximum absolute atomic E-state index is 13.4. The fourth-order valence-corrected chi connectivity index (χ4v) is 3.37. The van der Waals surface area contributed by atoms with Crippen LogP contribution in [0.1, 0.15) is 24.1 Å². The average Bonchev–Trinajstić information content (AvgIpc) is 2.72. The van der Waals surface area contributed by atoms with Crippen LogP contribution in [0, 0.1) is 0 Å². The second kappa shape index (κ2) is 9.34. The van der Waals surface area contributed by atoms with Crippen LogP contribution in [0.15, 0.2) is 65.8 Å². The Bertz CT molecular complexity index is 1130. The summed E-state index contributed by atoms with van der Waals surface area (Å²) in [5, 5.41) is 0.105. The molecule has 5 nitrogen and oxygen atoms in total. The first-order valence-corrected chi connectivity index (χ1v) is 9.73. The summed E-state index contributed by atoms with van der Waals surface area (Å²) < 4.78 is 46.5. The molecule has 0 bridgehead atoms. The maximum Gasteiger partial charge on any atom is 0.417 e. The lowest BCUT2D eigenvalue weighted by Gasteiger charge is -2.19. The molecule has 2 aromatic heterocycles. The van der Waals surface area contributed by atoms with Gasteiger partial charge >= 0.3 is 12.1 Å². The number of benzene rings is 1. The molecule has 0 amide bonds. The van der Waals surface area contributed by atoms with E-state index < -0.39 is 29.3 Å². The van der Waals surface area contributed by atoms with E-state index in [9.17, 15) is 22.8 Å². The van der Waals surface area contributed by atoms with Gasteiger partial charge in [0.25, 0.3) is 5.56 Å². The minimum atomic E-state index is -4.62. The number of halogens is 4. The topological polar surface area (TPSA) is 61.2 Å². The maximum atomic E-state index is 13.4. The smallest absolute Gasteiger partial charge is 0.417 e. The van der Waals surface area contributed by atoms with Gasteiger partial charge in [-0.25, -0.2) is 4.79 Å². The number of alkyl halides is 3. The highest BCUT2D eigenvalue weighted by molar-refractivity contribution is 6.30. The Morgan fingerprint density at radius 1 is 1.23 bits per heavy atom. The number of hydrogen-bond acceptors (Lipinski definition) is 4. The van der Waals surface area contributed by atoms with Crippen LogP contribution in [0.5, 0.6) is 0 Å². The van der Waals surface area contributed by atoms with Crippen LogP contribution < -0.4 is 5.56 Å². The number of pyridine rings is 2. The molecule has 0 spiro atoms. The minimum absolute atomic E-state index is 0.0417. The molecule has 0 fully saturated rings. The van der Waals surface area contributed by atoms with Gasteiger partial charge in [0.2, 0.25) is 0 Å². The number of ether oxygens (including phenoxy) is 1. The fraction of sp³-hybridized carbons (Fsp3) is 0.227. The summed E-state index contributed by atoms with van der Waals surface area (Å²) in [5.74, 6) is -0.625. The fourth-order valence-electron chi connectivity index (χ4n) is 3.19. The first kappa shape index (κ1) is 22.6. The quantitative estimate of drug-likeness (QED) is 0.500. The first-order chi connectivity index (χ1) is 14.7. The van der Waals surface area contributed by atoms with Gasteiger partial charge < -0.3 is 9.30 Å². The van der Waals surface area contributed by atoms with E-state index in [0.29, 0.717) is 5.56 Å². The third-order valence-electron chi connectivity index (χ3n) is 4.59. The molecule has 0 saturated heterocycles. The van der Waals surface area contributed by atoms with Gasteiger partial charge in [-0.3, -0.25) is 9.78 Å². The predicted molar refractivity (Wildman–Crippen MR) is 110 cm³/mol. The number of nitrogens with zero attached hydrogens (tertiary/aromatic N) is 2. The number of esters is 1. The molecule has 0 aliphatic carbocycles. The summed E-state index contributed by atoms with van der Waals surface area (Å²) in [6.07, 6.45) is -0.0591. The van der Waals surface area contributed by atoms with E-state index in [-0.39, 0.29) is 29.2 Å². The highest BCUT2D eigenvalue weighted by Crippen LogP contribution is 2.38. The van der Waals surface area contributed by atoms with Crippen molar-refractivity contribution >= 4 is 17.6 Å². The van der Waals surface area contributed by atoms with E-state index in [1.165, 1.54) is 12.3 Å². The third kappa shape index (κ3) is 5.32. The van der Waals surface area contributed by atoms with Crippen molar-refractivity contribution in [2.45, 2.75) is 25.6 Å². The van der Waals surface area contributed by atoms with Crippen molar-refractivity contribution in [3.05, 3.63) is 87.6 Å². The molecule has 1 unspecified atom stereocenters. The highest BCUT2D eigenvalue weighted by Gasteiger charge is 2.34. The van der Waals surface area contributed by atoms with Gasteiger partial charge in [0.1, 0.15) is 6.04 Å². The molecule has 31 heavy (non-hydrogen) atoms. The Kier molecular flexibility index (Phi) is 6.80. The van der Waals surface area contributed by atoms with Crippen LogP contribution in [0.4, 0.5) is 13.2 Å². The van der Waals surface area contributed by atoms with E-state index >= 15 is 0 Å². The zero-order chi connectivity index (χ0) is 22.6. The predicted octanol–water partition coefficient (Wildman–Crippen LogP) is 4.93. The van der Waals surface area contributed by atoms with Crippen molar-refractivity contribution in [2.24, 2.45) is 0 Å². The zero-order valence-corrected chi connectivity index (χ0v) is 17.2. The zero-order valence-electron chi connectivity index (χ0n) is 16.4. The summed E-state index contributed by atoms with van der Waals surface area (Å²) in [7, 11) is 0. The molecule has 1 aromatic carbocycles. The lowest BCUT2D eigenvalue weighted by Crippen LogP contribution is -2.32. The second-order valence-electron chi connectivity index (χ2n) is 6.68. The monoisotopic (exact) mass is 450 g/mol. The number of carbonyl (C=O) groups is 1. The molecule has 0 N–H and O–H groups in total. The summed E-state index contributed by atoms with van der Waals surface area (Å²) in [6.45, 7) is 1.76. The molecule has 9 heteroatoms. The van der Waals surface area contributed by atoms with Crippen molar-refractivity contribution in [1.82, 2.24) is 9.55 Å². The van der Waals surface area contributed by atoms with E-state index in [1.807, 2.05) is 0 Å². The van der Waals surface area contributed by atoms with Crippen molar-refractivity contribution in [1.29, 1.82) is 0 Å². The van der Waals surface area contributed by atoms with Gasteiger partial charge in [0, 0.05) is 36.1 Å². The number of rotatable bonds is 6. The van der Waals surface area contributed by atoms with Crippen LogP contribution in [-0.4, -0.2) is 22.1 Å². The van der Waals surface area contributed by atoms with Crippen LogP contribution in [0.2, 0.25) is 5.02 Å². The Balaban J connectivity index is 2.05. The lowest BCUT2D eigenvalue weighted by atomic mass is 10.00. The van der Waals surface area contributed by atoms with Gasteiger partial charge in [0.05, 0.1) is 12.2 Å². The van der Waals surface area contributed by atoms with Crippen LogP contribution in [0.3, 0.4) is 0 Å². The van der Waals surface area contributed by atoms with Gasteiger partial charge in [-0.05, 0) is 53.9 Å². The van der Waals surface area contributed by atoms with Gasteiger partial charge in [0.15, 0.2) is 0 Å². The molecular formula is C22H18ClF3N2O3. The van der Waals surface area contributed by atoms with Gasteiger partial charge in [-0.1, -0.05) is 17.7 Å². The molecule has 2 heterocycles. The molecule has 0 saturated carbocycles. The number of aromatic nitrogens is 2. The Morgan fingerprint density at radius 2 is 2.00 bits per heavy atom. The van der Waals surface area contributed by atoms with Crippen LogP contribution in [-0.2, 0) is 22.1 Å². The molecule has 162 valence electrons. The molecule has 3 rings (SSSR count). The SMILES string of the molecule is CCOC(=O)C(Cc1cccnc1)n1ccc(-c2cc(Cl)ccc2C(F)(F)F)cc1=O. The third-order valence-corrected chi connectivity index (χ3v) is 4.83. The summed E-state index contributed by atoms with van der Waals surface area (Å²) >= 11 is 5.89. The first-order valence-electron chi connectivity index (χ1n) is 9.35. The van der Waals surface area contributed by atoms with E-state index in [0.717, 1.165) is 28.8 Å². The molecule has 1 atom stereocenters. The minimum Gasteiger partial charge on any atom is -0.464 e. The van der Waals surface area contributed by atoms with E-state index in [1.54, 1.807) is 31.5 Å². The van der Waals surface area contributed by atoms with Crippen LogP contribution in [0.25, 0.3) is 11.1 Å². The summed E-state index contributed by atoms with van der Waals surface area (Å²) in [5.41, 5.74) is -1.03. The molecule has 0 aliphatic heterocycles. The average molecular weight is 451 g/mol.